The van der Waals surface area contributed by atoms with Crippen LogP contribution in [0.2, 0.25) is 0 Å². The van der Waals surface area contributed by atoms with Crippen LogP contribution in [0, 0.1) is 5.92 Å². The van der Waals surface area contributed by atoms with Gasteiger partial charge in [0.05, 0.1) is 37.8 Å². The molecule has 49 heavy (non-hydrogen) atoms. The lowest BCUT2D eigenvalue weighted by Gasteiger charge is -2.33. The Morgan fingerprint density at radius 1 is 0.857 bits per heavy atom. The number of alkyl carbamates (subject to hydrolysis) is 1. The van der Waals surface area contributed by atoms with E-state index in [4.69, 9.17) is 9.72 Å². The number of allylic oxidation sites excluding steroid dienone is 9. The molecule has 10 nitrogen and oxygen atoms in total. The molecule has 0 fully saturated rings. The normalized spacial score (nSPS) is 17.9. The SMILES string of the molecule is CCC(C)NCc1ncc(C2=CC=C(C3=CC=C(C4=Cc5nc(CN(C(=O)C(NC(=O)OC)C(C)C)C(C)CC)[nH]c5CC4)CC3)CC2)[nH]1. The van der Waals surface area contributed by atoms with Crippen molar-refractivity contribution in [3.63, 3.8) is 0 Å². The molecule has 3 aliphatic rings. The molecule has 0 saturated carbocycles. The number of nitrogens with zero attached hydrogens (tertiary/aromatic N) is 3. The van der Waals surface area contributed by atoms with E-state index in [0.717, 1.165) is 86.6 Å². The van der Waals surface area contributed by atoms with Gasteiger partial charge in [-0.3, -0.25) is 4.79 Å². The Morgan fingerprint density at radius 2 is 1.49 bits per heavy atom. The van der Waals surface area contributed by atoms with Crippen LogP contribution in [0.3, 0.4) is 0 Å². The van der Waals surface area contributed by atoms with Crippen LogP contribution in [-0.2, 0) is 29.0 Å². The predicted octanol–water partition coefficient (Wildman–Crippen LogP) is 7.31. The molecule has 0 aliphatic heterocycles. The van der Waals surface area contributed by atoms with Gasteiger partial charge in [0.1, 0.15) is 17.7 Å². The van der Waals surface area contributed by atoms with E-state index in [-0.39, 0.29) is 17.9 Å². The van der Waals surface area contributed by atoms with Crippen LogP contribution in [0.25, 0.3) is 11.6 Å². The number of amides is 2. The van der Waals surface area contributed by atoms with Gasteiger partial charge in [0.25, 0.3) is 0 Å². The smallest absolute Gasteiger partial charge is 0.407 e. The van der Waals surface area contributed by atoms with Crippen LogP contribution < -0.4 is 10.6 Å². The molecular formula is C39H55N7O3. The molecule has 264 valence electrons. The second-order valence-corrected chi connectivity index (χ2v) is 14.0. The third-order valence-electron chi connectivity index (χ3n) is 10.3. The van der Waals surface area contributed by atoms with Crippen molar-refractivity contribution in [2.75, 3.05) is 7.11 Å². The molecule has 2 aromatic rings. The topological polar surface area (TPSA) is 128 Å². The Labute approximate surface area is 291 Å². The second-order valence-electron chi connectivity index (χ2n) is 14.0. The van der Waals surface area contributed by atoms with Gasteiger partial charge in [0.2, 0.25) is 5.91 Å². The molecule has 0 radical (unpaired) electrons. The molecule has 3 atom stereocenters. The number of aryl methyl sites for hydroxylation is 1. The summed E-state index contributed by atoms with van der Waals surface area (Å²) < 4.78 is 4.79. The highest BCUT2D eigenvalue weighted by Gasteiger charge is 2.32. The molecule has 3 aliphatic carbocycles. The van der Waals surface area contributed by atoms with Crippen LogP contribution in [0.5, 0.6) is 0 Å². The first-order chi connectivity index (χ1) is 23.6. The third kappa shape index (κ3) is 8.90. The van der Waals surface area contributed by atoms with Crippen LogP contribution in [-0.4, -0.2) is 62.1 Å². The molecule has 2 aromatic heterocycles. The molecule has 3 unspecified atom stereocenters. The molecule has 2 amide bonds. The van der Waals surface area contributed by atoms with E-state index in [2.05, 4.69) is 76.7 Å². The van der Waals surface area contributed by atoms with Gasteiger partial charge in [0, 0.05) is 17.8 Å². The van der Waals surface area contributed by atoms with Crippen LogP contribution >= 0.6 is 0 Å². The number of aromatic amines is 2. The van der Waals surface area contributed by atoms with Crippen molar-refractivity contribution in [3.8, 4) is 0 Å². The first kappa shape index (κ1) is 36.1. The van der Waals surface area contributed by atoms with Gasteiger partial charge in [-0.15, -0.1) is 0 Å². The summed E-state index contributed by atoms with van der Waals surface area (Å²) in [6, 6.07) is -0.215. The zero-order chi connectivity index (χ0) is 35.1. The highest BCUT2D eigenvalue weighted by atomic mass is 16.5. The van der Waals surface area contributed by atoms with Gasteiger partial charge < -0.3 is 30.2 Å². The summed E-state index contributed by atoms with van der Waals surface area (Å²) in [5, 5.41) is 6.23. The van der Waals surface area contributed by atoms with E-state index in [1.165, 1.54) is 35.0 Å². The number of hydrogen-bond donors (Lipinski definition) is 4. The summed E-state index contributed by atoms with van der Waals surface area (Å²) in [7, 11) is 1.31. The Bertz CT molecular complexity index is 1650. The van der Waals surface area contributed by atoms with E-state index in [0.29, 0.717) is 12.6 Å². The van der Waals surface area contributed by atoms with E-state index >= 15 is 0 Å². The number of aromatic nitrogens is 4. The lowest BCUT2D eigenvalue weighted by atomic mass is 9.83. The number of imidazole rings is 2. The maximum atomic E-state index is 13.7. The van der Waals surface area contributed by atoms with Crippen molar-refractivity contribution in [1.82, 2.24) is 35.5 Å². The Kier molecular flexibility index (Phi) is 12.1. The Morgan fingerprint density at radius 3 is 2.08 bits per heavy atom. The van der Waals surface area contributed by atoms with Crippen molar-refractivity contribution in [1.29, 1.82) is 0 Å². The highest BCUT2D eigenvalue weighted by molar-refractivity contribution is 5.86. The fraction of sp³-hybridized carbons (Fsp3) is 0.538. The zero-order valence-corrected chi connectivity index (χ0v) is 30.4. The Balaban J connectivity index is 1.25. The van der Waals surface area contributed by atoms with Gasteiger partial charge in [0.15, 0.2) is 0 Å². The number of nitrogens with one attached hydrogen (secondary N) is 4. The second kappa shape index (κ2) is 16.5. The number of ether oxygens (including phenoxy) is 1. The largest absolute Gasteiger partial charge is 0.453 e. The molecule has 10 heteroatoms. The maximum Gasteiger partial charge on any atom is 0.407 e. The van der Waals surface area contributed by atoms with Crippen molar-refractivity contribution in [2.24, 2.45) is 5.92 Å². The van der Waals surface area contributed by atoms with Crippen LogP contribution in [0.1, 0.15) is 115 Å². The minimum absolute atomic E-state index is 0.0172. The molecule has 0 aromatic carbocycles. The summed E-state index contributed by atoms with van der Waals surface area (Å²) in [5.74, 6) is 1.53. The van der Waals surface area contributed by atoms with Crippen molar-refractivity contribution < 1.29 is 14.3 Å². The Hall–Kier alpha value is -4.18. The predicted molar refractivity (Wildman–Crippen MR) is 195 cm³/mol. The molecule has 0 spiro atoms. The third-order valence-corrected chi connectivity index (χ3v) is 10.3. The molecule has 4 N–H and O–H groups in total. The molecule has 2 heterocycles. The van der Waals surface area contributed by atoms with Crippen LogP contribution in [0.4, 0.5) is 4.79 Å². The number of hydrogen-bond acceptors (Lipinski definition) is 6. The van der Waals surface area contributed by atoms with Crippen LogP contribution in [0.15, 0.2) is 52.8 Å². The molecular weight excluding hydrogens is 614 g/mol. The van der Waals surface area contributed by atoms with E-state index in [1.54, 1.807) is 0 Å². The summed E-state index contributed by atoms with van der Waals surface area (Å²) in [5.41, 5.74) is 10.1. The maximum absolute atomic E-state index is 13.7. The van der Waals surface area contributed by atoms with Gasteiger partial charge in [-0.1, -0.05) is 52.0 Å². The first-order valence-corrected chi connectivity index (χ1v) is 18.1. The number of H-pyrrole nitrogens is 2. The summed E-state index contributed by atoms with van der Waals surface area (Å²) in [4.78, 5) is 44.1. The number of fused-ring (bicyclic) bond motifs is 1. The van der Waals surface area contributed by atoms with Crippen molar-refractivity contribution >= 4 is 23.6 Å². The minimum atomic E-state index is -0.678. The van der Waals surface area contributed by atoms with Crippen molar-refractivity contribution in [2.45, 2.75) is 124 Å². The van der Waals surface area contributed by atoms with Gasteiger partial charge in [-0.05, 0) is 105 Å². The average Bonchev–Trinajstić information content (AvgIpc) is 3.77. The summed E-state index contributed by atoms with van der Waals surface area (Å²) in [6.45, 7) is 13.4. The van der Waals surface area contributed by atoms with Crippen molar-refractivity contribution in [3.05, 3.63) is 81.5 Å². The fourth-order valence-corrected chi connectivity index (χ4v) is 6.66. The lowest BCUT2D eigenvalue weighted by molar-refractivity contribution is -0.137. The molecule has 0 saturated heterocycles. The number of carbonyl (C=O) groups is 2. The zero-order valence-electron chi connectivity index (χ0n) is 30.4. The highest BCUT2D eigenvalue weighted by Crippen LogP contribution is 2.37. The number of methoxy groups -OCH3 is 1. The average molecular weight is 670 g/mol. The minimum Gasteiger partial charge on any atom is -0.453 e. The van der Waals surface area contributed by atoms with E-state index < -0.39 is 12.1 Å². The van der Waals surface area contributed by atoms with Gasteiger partial charge in [-0.2, -0.15) is 0 Å². The summed E-state index contributed by atoms with van der Waals surface area (Å²) >= 11 is 0. The van der Waals surface area contributed by atoms with E-state index in [9.17, 15) is 9.59 Å². The molecule has 5 rings (SSSR count). The van der Waals surface area contributed by atoms with Gasteiger partial charge in [-0.25, -0.2) is 14.8 Å². The standard InChI is InChI=1S/C39H55N7O3/c1-8-25(5)40-22-35-41-21-34(44-35)30-16-14-28(15-17-30)27-10-12-29(13-11-27)31-18-19-32-33(20-31)43-36(42-32)23-46(26(6)9-2)38(47)37(24(3)4)45-39(48)49-7/h10,12,14,16,20-21,24-26,37,40H,8-9,11,13,15,17-19,22-23H2,1-7H3,(H,41,44)(H,42,43)(H,45,48). The van der Waals surface area contributed by atoms with E-state index in [1.807, 2.05) is 31.9 Å². The van der Waals surface area contributed by atoms with Gasteiger partial charge >= 0.3 is 6.09 Å². The molecule has 0 bridgehead atoms. The first-order valence-electron chi connectivity index (χ1n) is 18.1. The number of rotatable bonds is 14. The fourth-order valence-electron chi connectivity index (χ4n) is 6.66. The lowest BCUT2D eigenvalue weighted by Crippen LogP contribution is -2.53. The monoisotopic (exact) mass is 669 g/mol. The number of carbonyl (C=O) groups excluding carboxylic acids is 2. The summed E-state index contributed by atoms with van der Waals surface area (Å²) in [6.07, 6.45) is 20.6. The quantitative estimate of drug-likeness (QED) is 0.167.